The van der Waals surface area contributed by atoms with E-state index in [-0.39, 0.29) is 12.6 Å². The van der Waals surface area contributed by atoms with Crippen LogP contribution in [0.5, 0.6) is 11.5 Å². The number of amides is 2. The molecule has 190 valence electrons. The van der Waals surface area contributed by atoms with Crippen molar-refractivity contribution in [1.82, 2.24) is 9.80 Å². The Labute approximate surface area is 215 Å². The number of hydrogen-bond donors (Lipinski definition) is 0. The highest BCUT2D eigenvalue weighted by Gasteiger charge is 2.35. The van der Waals surface area contributed by atoms with Gasteiger partial charge >= 0.3 is 12.2 Å². The van der Waals surface area contributed by atoms with Crippen LogP contribution in [0, 0.1) is 0 Å². The molecule has 1 atom stereocenters. The molecule has 35 heavy (non-hydrogen) atoms. The lowest BCUT2D eigenvalue weighted by Gasteiger charge is -2.41. The molecule has 0 aromatic heterocycles. The molecule has 0 saturated carbocycles. The van der Waals surface area contributed by atoms with Gasteiger partial charge in [0.05, 0.1) is 19.8 Å². The van der Waals surface area contributed by atoms with Crippen LogP contribution in [-0.4, -0.2) is 67.0 Å². The fraction of sp³-hybridized carbons (Fsp3) is 0.462. The van der Waals surface area contributed by atoms with Crippen LogP contribution in [0.4, 0.5) is 9.59 Å². The van der Waals surface area contributed by atoms with E-state index in [0.29, 0.717) is 44.2 Å². The second-order valence-electron chi connectivity index (χ2n) is 9.25. The first-order chi connectivity index (χ1) is 16.7. The third-order valence-electron chi connectivity index (χ3n) is 5.41. The van der Waals surface area contributed by atoms with Crippen molar-refractivity contribution in [3.05, 3.63) is 58.6 Å². The lowest BCUT2D eigenvalue weighted by Crippen LogP contribution is -2.57. The molecule has 1 aliphatic rings. The fourth-order valence-corrected chi connectivity index (χ4v) is 4.05. The zero-order chi connectivity index (χ0) is 25.4. The summed E-state index contributed by atoms with van der Waals surface area (Å²) >= 11 is 3.42. The standard InChI is InChI=1S/C26H33BrN2O6/c1-26(2,3)35-25(31)29-14-13-28(24(30)34-18-19-8-6-5-7-9-19)17-21(29)12-15-33-22-11-10-20(27)16-23(22)32-4/h5-11,16,21H,12-15,17-18H2,1-4H3/t21-/m1/s1. The Morgan fingerprint density at radius 3 is 2.46 bits per heavy atom. The maximum Gasteiger partial charge on any atom is 0.410 e. The molecule has 0 spiro atoms. The van der Waals surface area contributed by atoms with E-state index >= 15 is 0 Å². The highest BCUT2D eigenvalue weighted by Crippen LogP contribution is 2.30. The Kier molecular flexibility index (Phi) is 9.26. The molecule has 8 nitrogen and oxygen atoms in total. The van der Waals surface area contributed by atoms with Gasteiger partial charge in [0.25, 0.3) is 0 Å². The predicted molar refractivity (Wildman–Crippen MR) is 136 cm³/mol. The third kappa shape index (κ3) is 8.06. The number of hydrogen-bond acceptors (Lipinski definition) is 6. The molecule has 2 aromatic carbocycles. The number of carbonyl (C=O) groups excluding carboxylic acids is 2. The van der Waals surface area contributed by atoms with Crippen molar-refractivity contribution in [3.63, 3.8) is 0 Å². The number of methoxy groups -OCH3 is 1. The highest BCUT2D eigenvalue weighted by molar-refractivity contribution is 9.10. The molecule has 0 radical (unpaired) electrons. The summed E-state index contributed by atoms with van der Waals surface area (Å²) in [6, 6.07) is 14.8. The normalized spacial score (nSPS) is 16.0. The van der Waals surface area contributed by atoms with Gasteiger partial charge in [-0.3, -0.25) is 0 Å². The molecule has 1 saturated heterocycles. The minimum Gasteiger partial charge on any atom is -0.493 e. The van der Waals surface area contributed by atoms with Gasteiger partial charge < -0.3 is 28.7 Å². The van der Waals surface area contributed by atoms with Crippen molar-refractivity contribution in [2.24, 2.45) is 0 Å². The predicted octanol–water partition coefficient (Wildman–Crippen LogP) is 5.48. The van der Waals surface area contributed by atoms with Crippen LogP contribution in [0.2, 0.25) is 0 Å². The van der Waals surface area contributed by atoms with E-state index in [1.54, 1.807) is 16.9 Å². The monoisotopic (exact) mass is 548 g/mol. The number of piperazine rings is 1. The SMILES string of the molecule is COc1cc(Br)ccc1OCC[C@@H]1CN(C(=O)OCc2ccccc2)CCN1C(=O)OC(C)(C)C. The van der Waals surface area contributed by atoms with E-state index in [9.17, 15) is 9.59 Å². The number of ether oxygens (including phenoxy) is 4. The van der Waals surface area contributed by atoms with Crippen molar-refractivity contribution < 1.29 is 28.5 Å². The van der Waals surface area contributed by atoms with Crippen LogP contribution in [0.15, 0.2) is 53.0 Å². The highest BCUT2D eigenvalue weighted by atomic mass is 79.9. The summed E-state index contributed by atoms with van der Waals surface area (Å²) in [6.45, 7) is 7.07. The average Bonchev–Trinajstić information content (AvgIpc) is 2.82. The van der Waals surface area contributed by atoms with Gasteiger partial charge in [-0.15, -0.1) is 0 Å². The molecule has 1 aliphatic heterocycles. The average molecular weight is 549 g/mol. The second kappa shape index (κ2) is 12.2. The number of rotatable bonds is 7. The molecule has 1 fully saturated rings. The van der Waals surface area contributed by atoms with Crippen LogP contribution in [0.25, 0.3) is 0 Å². The smallest absolute Gasteiger partial charge is 0.410 e. The van der Waals surface area contributed by atoms with Gasteiger partial charge in [-0.1, -0.05) is 46.3 Å². The van der Waals surface area contributed by atoms with Crippen LogP contribution >= 0.6 is 15.9 Å². The zero-order valence-corrected chi connectivity index (χ0v) is 22.2. The molecule has 2 amide bonds. The quantitative estimate of drug-likeness (QED) is 0.455. The summed E-state index contributed by atoms with van der Waals surface area (Å²) in [4.78, 5) is 28.9. The molecular formula is C26H33BrN2O6. The second-order valence-corrected chi connectivity index (χ2v) is 10.2. The lowest BCUT2D eigenvalue weighted by atomic mass is 10.1. The fourth-order valence-electron chi connectivity index (χ4n) is 3.71. The number of benzene rings is 2. The molecule has 2 aromatic rings. The van der Waals surface area contributed by atoms with E-state index in [2.05, 4.69) is 15.9 Å². The summed E-state index contributed by atoms with van der Waals surface area (Å²) in [5.74, 6) is 1.22. The topological polar surface area (TPSA) is 77.5 Å². The first-order valence-corrected chi connectivity index (χ1v) is 12.4. The van der Waals surface area contributed by atoms with Crippen LogP contribution in [0.1, 0.15) is 32.8 Å². The van der Waals surface area contributed by atoms with Gasteiger partial charge in [-0.2, -0.15) is 0 Å². The summed E-state index contributed by atoms with van der Waals surface area (Å²) in [7, 11) is 1.58. The summed E-state index contributed by atoms with van der Waals surface area (Å²) in [6.07, 6.45) is -0.305. The number of halogens is 1. The van der Waals surface area contributed by atoms with Crippen molar-refractivity contribution in [2.45, 2.75) is 45.4 Å². The van der Waals surface area contributed by atoms with Crippen molar-refractivity contribution >= 4 is 28.1 Å². The Morgan fingerprint density at radius 2 is 1.77 bits per heavy atom. The minimum absolute atomic E-state index is 0.198. The Morgan fingerprint density at radius 1 is 1.03 bits per heavy atom. The molecule has 9 heteroatoms. The van der Waals surface area contributed by atoms with Gasteiger partial charge in [-0.25, -0.2) is 9.59 Å². The third-order valence-corrected chi connectivity index (χ3v) is 5.90. The van der Waals surface area contributed by atoms with Gasteiger partial charge in [0.1, 0.15) is 12.2 Å². The summed E-state index contributed by atoms with van der Waals surface area (Å²) < 4.78 is 23.3. The van der Waals surface area contributed by atoms with Gasteiger partial charge in [0, 0.05) is 30.5 Å². The Balaban J connectivity index is 1.64. The van der Waals surface area contributed by atoms with Crippen LogP contribution in [-0.2, 0) is 16.1 Å². The molecule has 0 aliphatic carbocycles. The van der Waals surface area contributed by atoms with Crippen molar-refractivity contribution in [2.75, 3.05) is 33.4 Å². The summed E-state index contributed by atoms with van der Waals surface area (Å²) in [5.41, 5.74) is 0.302. The van der Waals surface area contributed by atoms with Gasteiger partial charge in [0.15, 0.2) is 11.5 Å². The molecule has 3 rings (SSSR count). The molecule has 0 bridgehead atoms. The summed E-state index contributed by atoms with van der Waals surface area (Å²) in [5, 5.41) is 0. The van der Waals surface area contributed by atoms with E-state index in [0.717, 1.165) is 10.0 Å². The zero-order valence-electron chi connectivity index (χ0n) is 20.7. The van der Waals surface area contributed by atoms with E-state index in [1.165, 1.54) is 0 Å². The molecular weight excluding hydrogens is 516 g/mol. The molecule has 0 unspecified atom stereocenters. The molecule has 1 heterocycles. The van der Waals surface area contributed by atoms with E-state index < -0.39 is 17.8 Å². The minimum atomic E-state index is -0.616. The lowest BCUT2D eigenvalue weighted by molar-refractivity contribution is -0.00618. The Bertz CT molecular complexity index is 995. The van der Waals surface area contributed by atoms with Crippen LogP contribution < -0.4 is 9.47 Å². The number of nitrogens with zero attached hydrogens (tertiary/aromatic N) is 2. The van der Waals surface area contributed by atoms with Gasteiger partial charge in [-0.05, 0) is 44.5 Å². The van der Waals surface area contributed by atoms with Gasteiger partial charge in [0.2, 0.25) is 0 Å². The van der Waals surface area contributed by atoms with Crippen molar-refractivity contribution in [1.29, 1.82) is 0 Å². The van der Waals surface area contributed by atoms with Crippen molar-refractivity contribution in [3.8, 4) is 11.5 Å². The Hall–Kier alpha value is -2.94. The maximum atomic E-state index is 12.9. The maximum absolute atomic E-state index is 12.9. The van der Waals surface area contributed by atoms with E-state index in [1.807, 2.05) is 69.3 Å². The first kappa shape index (κ1) is 26.7. The van der Waals surface area contributed by atoms with Crippen LogP contribution in [0.3, 0.4) is 0 Å². The molecule has 0 N–H and O–H groups in total. The largest absolute Gasteiger partial charge is 0.493 e. The first-order valence-electron chi connectivity index (χ1n) is 11.6. The number of carbonyl (C=O) groups is 2. The van der Waals surface area contributed by atoms with E-state index in [4.69, 9.17) is 18.9 Å².